The van der Waals surface area contributed by atoms with Gasteiger partial charge in [0.25, 0.3) is 0 Å². The molecule has 0 unspecified atom stereocenters. The van der Waals surface area contributed by atoms with Crippen molar-refractivity contribution in [2.75, 3.05) is 0 Å². The van der Waals surface area contributed by atoms with Crippen molar-refractivity contribution in [1.82, 2.24) is 15.0 Å². The molecule has 0 aliphatic rings. The second kappa shape index (κ2) is 5.09. The van der Waals surface area contributed by atoms with Gasteiger partial charge in [0, 0.05) is 12.6 Å². The summed E-state index contributed by atoms with van der Waals surface area (Å²) in [4.78, 5) is 0.148. The number of hydrogen-bond acceptors (Lipinski definition) is 4. The van der Waals surface area contributed by atoms with Crippen molar-refractivity contribution >= 4 is 17.2 Å². The van der Waals surface area contributed by atoms with Gasteiger partial charge in [-0.05, 0) is 18.2 Å². The molecule has 0 saturated heterocycles. The van der Waals surface area contributed by atoms with Crippen molar-refractivity contribution in [2.24, 2.45) is 12.8 Å². The molecule has 1 aromatic heterocycles. The molecule has 2 N–H and O–H groups in total. The number of halogens is 1. The van der Waals surface area contributed by atoms with Crippen LogP contribution >= 0.6 is 12.2 Å². The van der Waals surface area contributed by atoms with Crippen LogP contribution in [0, 0.1) is 5.82 Å². The minimum atomic E-state index is -0.510. The molecule has 0 aliphatic carbocycles. The number of nitrogens with zero attached hydrogens (tertiary/aromatic N) is 3. The molecule has 2 rings (SSSR count). The highest BCUT2D eigenvalue weighted by molar-refractivity contribution is 7.80. The molecule has 0 bridgehead atoms. The van der Waals surface area contributed by atoms with E-state index >= 15 is 0 Å². The van der Waals surface area contributed by atoms with Crippen LogP contribution in [-0.2, 0) is 13.7 Å². The number of nitrogens with two attached hydrogens (primary N) is 1. The predicted molar refractivity (Wildman–Crippen MR) is 67.6 cm³/mol. The van der Waals surface area contributed by atoms with Crippen molar-refractivity contribution in [3.05, 3.63) is 41.5 Å². The van der Waals surface area contributed by atoms with Gasteiger partial charge >= 0.3 is 0 Å². The summed E-state index contributed by atoms with van der Waals surface area (Å²) in [5.41, 5.74) is 6.49. The van der Waals surface area contributed by atoms with Gasteiger partial charge in [0.2, 0.25) is 0 Å². The molecule has 0 radical (unpaired) electrons. The molecule has 7 heteroatoms. The molecule has 0 aliphatic heterocycles. The molecule has 0 spiro atoms. The number of aromatic nitrogens is 3. The summed E-state index contributed by atoms with van der Waals surface area (Å²) in [5.74, 6) is -0.384. The second-order valence-electron chi connectivity index (χ2n) is 3.68. The Hall–Kier alpha value is -2.02. The fourth-order valence-electron chi connectivity index (χ4n) is 1.38. The smallest absolute Gasteiger partial charge is 0.165 e. The van der Waals surface area contributed by atoms with E-state index in [9.17, 15) is 4.39 Å². The molecule has 2 aromatic rings. The largest absolute Gasteiger partial charge is 0.484 e. The first-order chi connectivity index (χ1) is 8.56. The van der Waals surface area contributed by atoms with Crippen LogP contribution in [0.3, 0.4) is 0 Å². The average Bonchev–Trinajstić information content (AvgIpc) is 2.73. The lowest BCUT2D eigenvalue weighted by atomic mass is 10.2. The third kappa shape index (κ3) is 2.80. The quantitative estimate of drug-likeness (QED) is 0.841. The van der Waals surface area contributed by atoms with Crippen LogP contribution in [0.15, 0.2) is 24.4 Å². The van der Waals surface area contributed by atoms with E-state index in [2.05, 4.69) is 10.3 Å². The van der Waals surface area contributed by atoms with Crippen LogP contribution in [0.1, 0.15) is 11.3 Å². The summed E-state index contributed by atoms with van der Waals surface area (Å²) in [6, 6.07) is 4.34. The Morgan fingerprint density at radius 1 is 1.56 bits per heavy atom. The maximum atomic E-state index is 13.6. The van der Waals surface area contributed by atoms with E-state index < -0.39 is 5.82 Å². The molecule has 0 saturated carbocycles. The third-order valence-corrected chi connectivity index (χ3v) is 2.48. The number of hydrogen-bond donors (Lipinski definition) is 1. The lowest BCUT2D eigenvalue weighted by Gasteiger charge is -2.06. The highest BCUT2D eigenvalue weighted by Crippen LogP contribution is 2.19. The van der Waals surface area contributed by atoms with Crippen molar-refractivity contribution < 1.29 is 9.13 Å². The summed E-state index contributed by atoms with van der Waals surface area (Å²) in [6.07, 6.45) is 1.70. The Morgan fingerprint density at radius 3 is 2.89 bits per heavy atom. The van der Waals surface area contributed by atoms with E-state index in [-0.39, 0.29) is 17.3 Å². The molecule has 0 fully saturated rings. The number of benzene rings is 1. The molecule has 18 heavy (non-hydrogen) atoms. The van der Waals surface area contributed by atoms with E-state index in [1.54, 1.807) is 24.0 Å². The van der Waals surface area contributed by atoms with Gasteiger partial charge in [-0.2, -0.15) is 0 Å². The highest BCUT2D eigenvalue weighted by Gasteiger charge is 2.07. The predicted octanol–water partition coefficient (Wildman–Crippen LogP) is 1.17. The van der Waals surface area contributed by atoms with Crippen molar-refractivity contribution in [3.8, 4) is 5.75 Å². The van der Waals surface area contributed by atoms with Crippen LogP contribution in [0.25, 0.3) is 0 Å². The molecular formula is C11H11FN4OS. The Morgan fingerprint density at radius 2 is 2.33 bits per heavy atom. The van der Waals surface area contributed by atoms with E-state index in [0.29, 0.717) is 11.3 Å². The van der Waals surface area contributed by atoms with Crippen LogP contribution in [0.5, 0.6) is 5.75 Å². The lowest BCUT2D eigenvalue weighted by molar-refractivity contribution is 0.286. The topological polar surface area (TPSA) is 66.0 Å². The first-order valence-corrected chi connectivity index (χ1v) is 5.54. The van der Waals surface area contributed by atoms with Gasteiger partial charge in [-0.15, -0.1) is 5.10 Å². The molecule has 5 nitrogen and oxygen atoms in total. The average molecular weight is 266 g/mol. The van der Waals surface area contributed by atoms with Gasteiger partial charge in [0.05, 0.1) is 6.20 Å². The highest BCUT2D eigenvalue weighted by atomic mass is 32.1. The maximum absolute atomic E-state index is 13.6. The van der Waals surface area contributed by atoms with Gasteiger partial charge in [0.1, 0.15) is 17.3 Å². The molecule has 94 valence electrons. The van der Waals surface area contributed by atoms with Gasteiger partial charge in [0.15, 0.2) is 11.6 Å². The van der Waals surface area contributed by atoms with E-state index in [1.165, 1.54) is 12.1 Å². The van der Waals surface area contributed by atoms with Gasteiger partial charge in [-0.3, -0.25) is 4.68 Å². The number of rotatable bonds is 4. The normalized spacial score (nSPS) is 10.3. The summed E-state index contributed by atoms with van der Waals surface area (Å²) in [6.45, 7) is 0.150. The van der Waals surface area contributed by atoms with Crippen molar-refractivity contribution in [3.63, 3.8) is 0 Å². The van der Waals surface area contributed by atoms with Gasteiger partial charge in [-0.1, -0.05) is 17.4 Å². The molecule has 0 atom stereocenters. The standard InChI is InChI=1S/C11H11FN4OS/c1-16-5-8(14-15-16)6-17-10-3-2-7(11(13)18)4-9(10)12/h2-5H,6H2,1H3,(H2,13,18). The number of ether oxygens (including phenoxy) is 1. The first kappa shape index (κ1) is 12.4. The van der Waals surface area contributed by atoms with E-state index in [1.807, 2.05) is 0 Å². The zero-order valence-electron chi connectivity index (χ0n) is 9.63. The van der Waals surface area contributed by atoms with Crippen molar-refractivity contribution in [1.29, 1.82) is 0 Å². The zero-order valence-corrected chi connectivity index (χ0v) is 10.4. The van der Waals surface area contributed by atoms with E-state index in [4.69, 9.17) is 22.7 Å². The number of thiocarbonyl (C=S) groups is 1. The molecular weight excluding hydrogens is 255 g/mol. The Balaban J connectivity index is 2.08. The minimum absolute atomic E-state index is 0.126. The molecule has 1 heterocycles. The monoisotopic (exact) mass is 266 g/mol. The Kier molecular flexibility index (Phi) is 3.52. The van der Waals surface area contributed by atoms with Gasteiger partial charge < -0.3 is 10.5 Å². The summed E-state index contributed by atoms with van der Waals surface area (Å²) in [5, 5.41) is 7.58. The maximum Gasteiger partial charge on any atom is 0.165 e. The second-order valence-corrected chi connectivity index (χ2v) is 4.12. The first-order valence-electron chi connectivity index (χ1n) is 5.13. The van der Waals surface area contributed by atoms with E-state index in [0.717, 1.165) is 0 Å². The minimum Gasteiger partial charge on any atom is -0.484 e. The molecule has 0 amide bonds. The fourth-order valence-corrected chi connectivity index (χ4v) is 1.51. The Labute approximate surface area is 108 Å². The van der Waals surface area contributed by atoms with Crippen LogP contribution < -0.4 is 10.5 Å². The third-order valence-electron chi connectivity index (χ3n) is 2.24. The van der Waals surface area contributed by atoms with Gasteiger partial charge in [-0.25, -0.2) is 4.39 Å². The number of aryl methyl sites for hydroxylation is 1. The zero-order chi connectivity index (χ0) is 13.1. The van der Waals surface area contributed by atoms with Crippen molar-refractivity contribution in [2.45, 2.75) is 6.61 Å². The summed E-state index contributed by atoms with van der Waals surface area (Å²) < 4.78 is 20.5. The summed E-state index contributed by atoms with van der Waals surface area (Å²) in [7, 11) is 1.74. The van der Waals surface area contributed by atoms with Crippen LogP contribution in [-0.4, -0.2) is 20.0 Å². The lowest BCUT2D eigenvalue weighted by Crippen LogP contribution is -2.09. The van der Waals surface area contributed by atoms with Crippen LogP contribution in [0.2, 0.25) is 0 Å². The molecule has 1 aromatic carbocycles. The van der Waals surface area contributed by atoms with Crippen LogP contribution in [0.4, 0.5) is 4.39 Å². The Bertz CT molecular complexity index is 584. The SMILES string of the molecule is Cn1cc(COc2ccc(C(N)=S)cc2F)nn1. The fraction of sp³-hybridized carbons (Fsp3) is 0.182. The summed E-state index contributed by atoms with van der Waals surface area (Å²) >= 11 is 4.76.